The molecule has 2 aromatic rings. The molecule has 0 spiro atoms. The normalized spacial score (nSPS) is 17.7. The number of rotatable bonds is 1. The predicted octanol–water partition coefficient (Wildman–Crippen LogP) is 3.65. The van der Waals surface area contributed by atoms with Gasteiger partial charge in [-0.05, 0) is 62.8 Å². The Morgan fingerprint density at radius 1 is 1.09 bits per heavy atom. The van der Waals surface area contributed by atoms with E-state index >= 15 is 0 Å². The molecule has 120 valence electrons. The van der Waals surface area contributed by atoms with E-state index in [1.54, 1.807) is 0 Å². The summed E-state index contributed by atoms with van der Waals surface area (Å²) in [5.41, 5.74) is 5.14. The van der Waals surface area contributed by atoms with Crippen LogP contribution >= 0.6 is 44.3 Å². The third-order valence-corrected chi connectivity index (χ3v) is 6.98. The minimum Gasteiger partial charge on any atom is -0.340 e. The van der Waals surface area contributed by atoms with Crippen molar-refractivity contribution in [3.05, 3.63) is 20.1 Å². The Labute approximate surface area is 153 Å². The molecule has 1 aromatic heterocycles. The molecule has 0 amide bonds. The predicted molar refractivity (Wildman–Crippen MR) is 101 cm³/mol. The summed E-state index contributed by atoms with van der Waals surface area (Å²) < 4.78 is 4.80. The van der Waals surface area contributed by atoms with Crippen molar-refractivity contribution in [1.29, 1.82) is 0 Å². The monoisotopic (exact) mass is 448 g/mol. The molecule has 1 N–H and O–H groups in total. The molecule has 1 aromatic carbocycles. The van der Waals surface area contributed by atoms with Crippen molar-refractivity contribution < 1.29 is 0 Å². The number of halogens is 3. The largest absolute Gasteiger partial charge is 0.340 e. The van der Waals surface area contributed by atoms with Crippen LogP contribution in [0.3, 0.4) is 0 Å². The van der Waals surface area contributed by atoms with Gasteiger partial charge in [0.25, 0.3) is 0 Å². The highest BCUT2D eigenvalue weighted by molar-refractivity contribution is 9.13. The van der Waals surface area contributed by atoms with E-state index in [0.29, 0.717) is 0 Å². The number of aromatic nitrogens is 2. The molecule has 22 heavy (non-hydrogen) atoms. The number of imidazole rings is 1. The highest BCUT2D eigenvalue weighted by Gasteiger charge is 2.26. The molecule has 0 bridgehead atoms. The van der Waals surface area contributed by atoms with Crippen LogP contribution in [0.1, 0.15) is 17.5 Å². The van der Waals surface area contributed by atoms with Crippen LogP contribution < -0.4 is 10.2 Å². The SMILES string of the molecule is Cc1c(Br)c(Br)c2c3c1nc(N1CCNCC1)n3CCC2.Cl. The van der Waals surface area contributed by atoms with E-state index < -0.39 is 0 Å². The smallest absolute Gasteiger partial charge is 0.206 e. The summed E-state index contributed by atoms with van der Waals surface area (Å²) in [6, 6.07) is 0. The fourth-order valence-corrected chi connectivity index (χ4v) is 4.58. The van der Waals surface area contributed by atoms with Crippen LogP contribution in [0.15, 0.2) is 8.95 Å². The van der Waals surface area contributed by atoms with E-state index in [-0.39, 0.29) is 12.4 Å². The Balaban J connectivity index is 0.00000144. The zero-order chi connectivity index (χ0) is 14.6. The van der Waals surface area contributed by atoms with Gasteiger partial charge in [-0.1, -0.05) is 0 Å². The summed E-state index contributed by atoms with van der Waals surface area (Å²) in [6.07, 6.45) is 2.31. The van der Waals surface area contributed by atoms with Crippen molar-refractivity contribution >= 4 is 61.2 Å². The van der Waals surface area contributed by atoms with Gasteiger partial charge in [0.05, 0.1) is 11.0 Å². The van der Waals surface area contributed by atoms with Gasteiger partial charge in [0, 0.05) is 41.7 Å². The minimum absolute atomic E-state index is 0. The number of anilines is 1. The molecule has 1 saturated heterocycles. The molecule has 0 unspecified atom stereocenters. The van der Waals surface area contributed by atoms with Crippen molar-refractivity contribution in [3.63, 3.8) is 0 Å². The topological polar surface area (TPSA) is 33.1 Å². The second-order valence-electron chi connectivity index (χ2n) is 5.83. The first-order valence-electron chi connectivity index (χ1n) is 7.51. The molecule has 0 radical (unpaired) electrons. The fraction of sp³-hybridized carbons (Fsp3) is 0.533. The van der Waals surface area contributed by atoms with Crippen molar-refractivity contribution in [2.24, 2.45) is 0 Å². The molecule has 2 aliphatic heterocycles. The van der Waals surface area contributed by atoms with Crippen LogP contribution in [0.4, 0.5) is 5.95 Å². The maximum atomic E-state index is 5.02. The Morgan fingerprint density at radius 3 is 2.55 bits per heavy atom. The maximum Gasteiger partial charge on any atom is 0.206 e. The minimum atomic E-state index is 0. The zero-order valence-electron chi connectivity index (χ0n) is 12.5. The van der Waals surface area contributed by atoms with Crippen LogP contribution in [-0.2, 0) is 13.0 Å². The van der Waals surface area contributed by atoms with E-state index in [0.717, 1.165) is 55.1 Å². The Bertz CT molecular complexity index is 722. The summed E-state index contributed by atoms with van der Waals surface area (Å²) in [4.78, 5) is 7.44. The van der Waals surface area contributed by atoms with E-state index in [4.69, 9.17) is 4.98 Å². The van der Waals surface area contributed by atoms with Gasteiger partial charge in [0.2, 0.25) is 5.95 Å². The lowest BCUT2D eigenvalue weighted by Gasteiger charge is -2.29. The van der Waals surface area contributed by atoms with Crippen molar-refractivity contribution in [3.8, 4) is 0 Å². The van der Waals surface area contributed by atoms with E-state index in [1.165, 1.54) is 27.5 Å². The second kappa shape index (κ2) is 6.30. The third-order valence-electron chi connectivity index (χ3n) is 4.58. The molecular weight excluding hydrogens is 431 g/mol. The highest BCUT2D eigenvalue weighted by atomic mass is 79.9. The lowest BCUT2D eigenvalue weighted by molar-refractivity contribution is 0.556. The van der Waals surface area contributed by atoms with Gasteiger partial charge >= 0.3 is 0 Å². The average molecular weight is 451 g/mol. The Kier molecular flexibility index (Phi) is 4.74. The fourth-order valence-electron chi connectivity index (χ4n) is 3.47. The van der Waals surface area contributed by atoms with Crippen molar-refractivity contribution in [1.82, 2.24) is 14.9 Å². The lowest BCUT2D eigenvalue weighted by atomic mass is 10.0. The Hall–Kier alpha value is -0.300. The third kappa shape index (κ3) is 2.39. The summed E-state index contributed by atoms with van der Waals surface area (Å²) in [7, 11) is 0. The number of nitrogens with one attached hydrogen (secondary N) is 1. The van der Waals surface area contributed by atoms with Crippen LogP contribution in [0.25, 0.3) is 11.0 Å². The summed E-state index contributed by atoms with van der Waals surface area (Å²) in [5.74, 6) is 1.15. The first kappa shape index (κ1) is 16.6. The van der Waals surface area contributed by atoms with E-state index in [9.17, 15) is 0 Å². The number of benzene rings is 1. The quantitative estimate of drug-likeness (QED) is 0.720. The standard InChI is InChI=1S/C15H18Br2N4.ClH/c1-9-11(16)12(17)10-3-2-6-21-14(10)13(9)19-15(21)20-7-4-18-5-8-20;/h18H,2-8H2,1H3;1H. The van der Waals surface area contributed by atoms with Gasteiger partial charge in [0.15, 0.2) is 0 Å². The molecule has 0 atom stereocenters. The van der Waals surface area contributed by atoms with Crippen LogP contribution in [0.5, 0.6) is 0 Å². The zero-order valence-corrected chi connectivity index (χ0v) is 16.4. The summed E-state index contributed by atoms with van der Waals surface area (Å²) in [6.45, 7) is 7.41. The van der Waals surface area contributed by atoms with Crippen molar-refractivity contribution in [2.45, 2.75) is 26.3 Å². The van der Waals surface area contributed by atoms with E-state index in [2.05, 4.69) is 53.6 Å². The van der Waals surface area contributed by atoms with Gasteiger partial charge in [-0.25, -0.2) is 4.98 Å². The number of nitrogens with zero attached hydrogens (tertiary/aromatic N) is 3. The van der Waals surface area contributed by atoms with Gasteiger partial charge in [-0.15, -0.1) is 12.4 Å². The Morgan fingerprint density at radius 2 is 1.82 bits per heavy atom. The molecule has 2 aliphatic rings. The molecule has 4 rings (SSSR count). The number of hydrogen-bond acceptors (Lipinski definition) is 3. The molecule has 1 fully saturated rings. The lowest BCUT2D eigenvalue weighted by Crippen LogP contribution is -2.44. The maximum absolute atomic E-state index is 5.02. The van der Waals surface area contributed by atoms with Crippen LogP contribution in [-0.4, -0.2) is 35.7 Å². The molecule has 0 saturated carbocycles. The molecule has 3 heterocycles. The molecule has 0 aliphatic carbocycles. The summed E-state index contributed by atoms with van der Waals surface area (Å²) >= 11 is 7.50. The van der Waals surface area contributed by atoms with E-state index in [1.807, 2.05) is 0 Å². The molecule has 7 heteroatoms. The first-order valence-corrected chi connectivity index (χ1v) is 9.09. The first-order chi connectivity index (χ1) is 10.2. The van der Waals surface area contributed by atoms with Crippen LogP contribution in [0.2, 0.25) is 0 Å². The highest BCUT2D eigenvalue weighted by Crippen LogP contribution is 2.41. The average Bonchev–Trinajstić information content (AvgIpc) is 2.92. The van der Waals surface area contributed by atoms with Gasteiger partial charge in [0.1, 0.15) is 0 Å². The number of aryl methyl sites for hydroxylation is 3. The number of piperazine rings is 1. The van der Waals surface area contributed by atoms with Crippen LogP contribution in [0, 0.1) is 6.92 Å². The van der Waals surface area contributed by atoms with Gasteiger partial charge in [-0.3, -0.25) is 0 Å². The van der Waals surface area contributed by atoms with Crippen molar-refractivity contribution in [2.75, 3.05) is 31.1 Å². The number of hydrogen-bond donors (Lipinski definition) is 1. The molecular formula is C15H19Br2ClN4. The van der Waals surface area contributed by atoms with Gasteiger partial charge in [-0.2, -0.15) is 0 Å². The second-order valence-corrected chi connectivity index (χ2v) is 7.42. The molecule has 4 nitrogen and oxygen atoms in total. The summed E-state index contributed by atoms with van der Waals surface area (Å²) in [5, 5.41) is 3.42. The van der Waals surface area contributed by atoms with Gasteiger partial charge < -0.3 is 14.8 Å².